The van der Waals surface area contributed by atoms with Gasteiger partial charge in [-0.3, -0.25) is 0 Å². The predicted molar refractivity (Wildman–Crippen MR) is 62.9 cm³/mol. The van der Waals surface area contributed by atoms with Gasteiger partial charge in [0.15, 0.2) is 0 Å². The molecule has 0 amide bonds. The maximum atomic E-state index is 12.5. The fraction of sp³-hybridized carbons (Fsp3) is 0.833. The van der Waals surface area contributed by atoms with E-state index in [2.05, 4.69) is 0 Å². The van der Waals surface area contributed by atoms with Gasteiger partial charge in [0.05, 0.1) is 17.6 Å². The zero-order valence-electron chi connectivity index (χ0n) is 10.9. The molecule has 6 heteroatoms. The minimum Gasteiger partial charge on any atom is -0.402 e. The van der Waals surface area contributed by atoms with E-state index in [-0.39, 0.29) is 24.5 Å². The van der Waals surface area contributed by atoms with Crippen LogP contribution in [-0.4, -0.2) is 25.0 Å². The van der Waals surface area contributed by atoms with Crippen molar-refractivity contribution in [1.29, 1.82) is 0 Å². The molecule has 18 heavy (non-hydrogen) atoms. The quantitative estimate of drug-likeness (QED) is 0.673. The average Bonchev–Trinajstić information content (AvgIpc) is 2.53. The number of halogens is 3. The molecule has 2 rings (SSSR count). The van der Waals surface area contributed by atoms with Crippen LogP contribution < -0.4 is 0 Å². The molecule has 1 aliphatic heterocycles. The van der Waals surface area contributed by atoms with Crippen LogP contribution in [0.2, 0.25) is 0 Å². The highest BCUT2D eigenvalue weighted by atomic mass is 19.4. The van der Waals surface area contributed by atoms with Crippen LogP contribution in [0.1, 0.15) is 40.0 Å². The normalized spacial score (nSPS) is 32.6. The van der Waals surface area contributed by atoms with Crippen molar-refractivity contribution in [2.24, 2.45) is 5.92 Å². The summed E-state index contributed by atoms with van der Waals surface area (Å²) in [5, 5.41) is 0. The summed E-state index contributed by atoms with van der Waals surface area (Å²) in [5.74, 6) is -1.21. The highest BCUT2D eigenvalue weighted by molar-refractivity contribution is 6.54. The molecule has 1 saturated heterocycles. The molecule has 2 unspecified atom stereocenters. The third-order valence-corrected chi connectivity index (χ3v) is 3.93. The van der Waals surface area contributed by atoms with Gasteiger partial charge >= 0.3 is 13.3 Å². The van der Waals surface area contributed by atoms with Crippen LogP contribution in [0.25, 0.3) is 0 Å². The molecule has 0 aromatic heterocycles. The zero-order chi connectivity index (χ0) is 13.6. The molecular weight excluding hydrogens is 244 g/mol. The van der Waals surface area contributed by atoms with Gasteiger partial charge in [-0.1, -0.05) is 6.08 Å². The monoisotopic (exact) mass is 262 g/mol. The first-order chi connectivity index (χ1) is 8.20. The van der Waals surface area contributed by atoms with Crippen molar-refractivity contribution in [2.75, 3.05) is 0 Å². The molecular formula is C12H18BF3O2. The number of allylic oxidation sites excluding steroid dienone is 2. The lowest BCUT2D eigenvalue weighted by Gasteiger charge is -2.25. The van der Waals surface area contributed by atoms with E-state index in [4.69, 9.17) is 9.31 Å². The Bertz CT molecular complexity index is 352. The van der Waals surface area contributed by atoms with Crippen LogP contribution in [0.3, 0.4) is 0 Å². The maximum absolute atomic E-state index is 12.5. The van der Waals surface area contributed by atoms with E-state index < -0.39 is 19.2 Å². The van der Waals surface area contributed by atoms with Gasteiger partial charge in [0.1, 0.15) is 0 Å². The summed E-state index contributed by atoms with van der Waals surface area (Å²) >= 11 is 0. The van der Waals surface area contributed by atoms with E-state index >= 15 is 0 Å². The third kappa shape index (κ3) is 2.74. The molecule has 0 aromatic carbocycles. The Labute approximate surface area is 106 Å². The molecule has 1 aliphatic carbocycles. The van der Waals surface area contributed by atoms with Crippen molar-refractivity contribution >= 4 is 7.12 Å². The largest absolute Gasteiger partial charge is 0.490 e. The second-order valence-corrected chi connectivity index (χ2v) is 5.62. The molecule has 0 saturated carbocycles. The minimum atomic E-state index is -4.09. The third-order valence-electron chi connectivity index (χ3n) is 3.93. The van der Waals surface area contributed by atoms with Crippen LogP contribution in [0.15, 0.2) is 11.5 Å². The van der Waals surface area contributed by atoms with Gasteiger partial charge in [0.2, 0.25) is 0 Å². The molecule has 1 heterocycles. The molecule has 0 spiro atoms. The summed E-state index contributed by atoms with van der Waals surface area (Å²) < 4.78 is 49.0. The van der Waals surface area contributed by atoms with Gasteiger partial charge < -0.3 is 9.31 Å². The second-order valence-electron chi connectivity index (χ2n) is 5.62. The molecule has 102 valence electrons. The Morgan fingerprint density at radius 1 is 1.39 bits per heavy atom. The van der Waals surface area contributed by atoms with Crippen molar-refractivity contribution in [3.63, 3.8) is 0 Å². The van der Waals surface area contributed by atoms with Gasteiger partial charge in [-0.25, -0.2) is 0 Å². The van der Waals surface area contributed by atoms with Crippen LogP contribution in [0, 0.1) is 5.92 Å². The molecule has 2 nitrogen and oxygen atoms in total. The van der Waals surface area contributed by atoms with Gasteiger partial charge in [-0.15, -0.1) is 0 Å². The van der Waals surface area contributed by atoms with E-state index in [1.165, 1.54) is 0 Å². The summed E-state index contributed by atoms with van der Waals surface area (Å²) in [6, 6.07) is 0. The highest BCUT2D eigenvalue weighted by Gasteiger charge is 2.47. The standard InChI is InChI=1S/C12H18BF3O2/c1-8-11(2,3)18-13(17-8)10-6-4-9(5-7-10)12(14,15)16/h6,8-9H,4-5,7H2,1-3H3. The smallest absolute Gasteiger partial charge is 0.402 e. The molecule has 0 bridgehead atoms. The van der Waals surface area contributed by atoms with E-state index in [0.29, 0.717) is 6.42 Å². The minimum absolute atomic E-state index is 0.0386. The van der Waals surface area contributed by atoms with E-state index in [1.807, 2.05) is 20.8 Å². The Kier molecular flexibility index (Phi) is 3.53. The van der Waals surface area contributed by atoms with E-state index in [1.54, 1.807) is 6.08 Å². The molecule has 2 aliphatic rings. The summed E-state index contributed by atoms with van der Waals surface area (Å²) in [6.07, 6.45) is -1.93. The second kappa shape index (κ2) is 4.56. The molecule has 0 aromatic rings. The lowest BCUT2D eigenvalue weighted by atomic mass is 9.70. The summed E-state index contributed by atoms with van der Waals surface area (Å²) in [7, 11) is -0.468. The molecule has 2 atom stereocenters. The first-order valence-corrected chi connectivity index (χ1v) is 6.29. The molecule has 0 radical (unpaired) electrons. The number of alkyl halides is 3. The van der Waals surface area contributed by atoms with Gasteiger partial charge in [-0.2, -0.15) is 13.2 Å². The van der Waals surface area contributed by atoms with Crippen molar-refractivity contribution < 1.29 is 22.5 Å². The summed E-state index contributed by atoms with van der Waals surface area (Å²) in [5.41, 5.74) is 0.472. The van der Waals surface area contributed by atoms with Gasteiger partial charge in [-0.05, 0) is 45.5 Å². The van der Waals surface area contributed by atoms with Crippen LogP contribution in [0.5, 0.6) is 0 Å². The van der Waals surface area contributed by atoms with Gasteiger partial charge in [0, 0.05) is 0 Å². The fourth-order valence-electron chi connectivity index (χ4n) is 2.28. The number of hydrogen-bond acceptors (Lipinski definition) is 2. The van der Waals surface area contributed by atoms with Crippen LogP contribution >= 0.6 is 0 Å². The first-order valence-electron chi connectivity index (χ1n) is 6.29. The lowest BCUT2D eigenvalue weighted by molar-refractivity contribution is -0.176. The fourth-order valence-corrected chi connectivity index (χ4v) is 2.28. The van der Waals surface area contributed by atoms with Gasteiger partial charge in [0.25, 0.3) is 0 Å². The average molecular weight is 262 g/mol. The Morgan fingerprint density at radius 2 is 2.06 bits per heavy atom. The maximum Gasteiger partial charge on any atom is 0.490 e. The van der Waals surface area contributed by atoms with Crippen LogP contribution in [-0.2, 0) is 9.31 Å². The summed E-state index contributed by atoms with van der Waals surface area (Å²) in [4.78, 5) is 0. The number of hydrogen-bond donors (Lipinski definition) is 0. The number of rotatable bonds is 1. The topological polar surface area (TPSA) is 18.5 Å². The molecule has 1 fully saturated rings. The predicted octanol–water partition coefficient (Wildman–Crippen LogP) is 3.52. The Morgan fingerprint density at radius 3 is 2.44 bits per heavy atom. The Balaban J connectivity index is 1.99. The lowest BCUT2D eigenvalue weighted by Crippen LogP contribution is -2.31. The van der Waals surface area contributed by atoms with Crippen molar-refractivity contribution in [3.8, 4) is 0 Å². The molecule has 0 N–H and O–H groups in total. The van der Waals surface area contributed by atoms with Crippen LogP contribution in [0.4, 0.5) is 13.2 Å². The first kappa shape index (κ1) is 13.9. The SMILES string of the molecule is CC1OB(C2=CCC(C(F)(F)F)CC2)OC1(C)C. The highest BCUT2D eigenvalue weighted by Crippen LogP contribution is 2.39. The van der Waals surface area contributed by atoms with Crippen molar-refractivity contribution in [3.05, 3.63) is 11.5 Å². The van der Waals surface area contributed by atoms with E-state index in [0.717, 1.165) is 5.47 Å². The zero-order valence-corrected chi connectivity index (χ0v) is 10.9. The van der Waals surface area contributed by atoms with E-state index in [9.17, 15) is 13.2 Å². The Hall–Kier alpha value is -0.485. The van der Waals surface area contributed by atoms with Crippen molar-refractivity contribution in [2.45, 2.75) is 57.9 Å². The summed E-state index contributed by atoms with van der Waals surface area (Å²) in [6.45, 7) is 5.78. The van der Waals surface area contributed by atoms with Crippen molar-refractivity contribution in [1.82, 2.24) is 0 Å².